The van der Waals surface area contributed by atoms with Gasteiger partial charge in [0.25, 0.3) is 11.7 Å². The number of benzene rings is 3. The fourth-order valence-electron chi connectivity index (χ4n) is 4.68. The van der Waals surface area contributed by atoms with E-state index in [4.69, 9.17) is 4.74 Å². The molecule has 3 aromatic carbocycles. The monoisotopic (exact) mass is 497 g/mol. The molecule has 1 saturated heterocycles. The van der Waals surface area contributed by atoms with Crippen LogP contribution in [0, 0.1) is 6.92 Å². The number of aliphatic hydroxyl groups excluding tert-OH is 1. The molecule has 1 fully saturated rings. The summed E-state index contributed by atoms with van der Waals surface area (Å²) < 4.78 is 5.78. The van der Waals surface area contributed by atoms with E-state index in [-0.39, 0.29) is 11.3 Å². The van der Waals surface area contributed by atoms with Gasteiger partial charge in [-0.3, -0.25) is 14.5 Å². The maximum absolute atomic E-state index is 13.4. The van der Waals surface area contributed by atoms with Crippen LogP contribution in [-0.4, -0.2) is 23.4 Å². The maximum Gasteiger partial charge on any atom is 0.300 e. The summed E-state index contributed by atoms with van der Waals surface area (Å²) in [6.45, 7) is 8.95. The molecule has 0 aliphatic carbocycles. The highest BCUT2D eigenvalue weighted by atomic mass is 16.5. The van der Waals surface area contributed by atoms with Crippen LogP contribution in [0.2, 0.25) is 0 Å². The van der Waals surface area contributed by atoms with Crippen LogP contribution < -0.4 is 9.64 Å². The van der Waals surface area contributed by atoms with Crippen molar-refractivity contribution in [2.75, 3.05) is 11.5 Å². The predicted molar refractivity (Wildman–Crippen MR) is 148 cm³/mol. The van der Waals surface area contributed by atoms with Crippen LogP contribution in [-0.2, 0) is 9.59 Å². The standard InChI is InChI=1S/C32H35NO4/c1-5-6-7-19-37-27-17-13-24(14-18-27)30(34)28-29(25-10-8-9-22(4)20-25)33(32(36)31(28)35)26-15-11-23(12-16-26)21(2)3/h8-18,20-21,29,34H,5-7,19H2,1-4H3/b30-28-. The summed E-state index contributed by atoms with van der Waals surface area (Å²) in [5.41, 5.74) is 4.08. The van der Waals surface area contributed by atoms with Crippen LogP contribution in [0.3, 0.4) is 0 Å². The molecule has 1 atom stereocenters. The Morgan fingerprint density at radius 3 is 2.30 bits per heavy atom. The number of aryl methyl sites for hydroxylation is 1. The third-order valence-corrected chi connectivity index (χ3v) is 6.78. The van der Waals surface area contributed by atoms with E-state index in [9.17, 15) is 14.7 Å². The molecule has 5 heteroatoms. The predicted octanol–water partition coefficient (Wildman–Crippen LogP) is 7.31. The summed E-state index contributed by atoms with van der Waals surface area (Å²) in [7, 11) is 0. The summed E-state index contributed by atoms with van der Waals surface area (Å²) in [5.74, 6) is -0.494. The number of rotatable bonds is 9. The molecule has 1 N–H and O–H groups in total. The Hall–Kier alpha value is -3.86. The van der Waals surface area contributed by atoms with Crippen LogP contribution in [0.4, 0.5) is 5.69 Å². The first kappa shape index (κ1) is 26.2. The minimum absolute atomic E-state index is 0.0835. The molecular formula is C32H35NO4. The first-order valence-corrected chi connectivity index (χ1v) is 13.0. The third-order valence-electron chi connectivity index (χ3n) is 6.78. The Balaban J connectivity index is 1.75. The van der Waals surface area contributed by atoms with Crippen molar-refractivity contribution in [2.45, 2.75) is 58.9 Å². The molecule has 0 bridgehead atoms. The number of carbonyl (C=O) groups excluding carboxylic acids is 2. The summed E-state index contributed by atoms with van der Waals surface area (Å²) >= 11 is 0. The smallest absolute Gasteiger partial charge is 0.300 e. The lowest BCUT2D eigenvalue weighted by Gasteiger charge is -2.26. The Bertz CT molecular complexity index is 1290. The van der Waals surface area contributed by atoms with Crippen molar-refractivity contribution in [3.8, 4) is 5.75 Å². The minimum Gasteiger partial charge on any atom is -0.507 e. The molecule has 1 unspecified atom stereocenters. The summed E-state index contributed by atoms with van der Waals surface area (Å²) in [5, 5.41) is 11.4. The first-order valence-electron chi connectivity index (χ1n) is 13.0. The molecule has 192 valence electrons. The highest BCUT2D eigenvalue weighted by molar-refractivity contribution is 6.51. The summed E-state index contributed by atoms with van der Waals surface area (Å²) in [6, 6.07) is 21.7. The highest BCUT2D eigenvalue weighted by Crippen LogP contribution is 2.42. The Labute approximate surface area is 219 Å². The number of nitrogens with zero attached hydrogens (tertiary/aromatic N) is 1. The number of ether oxygens (including phenoxy) is 1. The van der Waals surface area contributed by atoms with E-state index in [0.717, 1.165) is 36.0 Å². The van der Waals surface area contributed by atoms with Gasteiger partial charge in [0, 0.05) is 11.3 Å². The minimum atomic E-state index is -0.741. The van der Waals surface area contributed by atoms with Gasteiger partial charge in [0.1, 0.15) is 11.5 Å². The van der Waals surface area contributed by atoms with Gasteiger partial charge in [-0.2, -0.15) is 0 Å². The molecule has 1 aliphatic rings. The zero-order valence-corrected chi connectivity index (χ0v) is 22.0. The fourth-order valence-corrected chi connectivity index (χ4v) is 4.68. The normalized spacial score (nSPS) is 17.0. The SMILES string of the molecule is CCCCCOc1ccc(/C(O)=C2/C(=O)C(=O)N(c3ccc(C(C)C)cc3)C2c2cccc(C)c2)cc1. The Morgan fingerprint density at radius 2 is 1.68 bits per heavy atom. The van der Waals surface area contributed by atoms with E-state index >= 15 is 0 Å². The number of anilines is 1. The van der Waals surface area contributed by atoms with E-state index in [1.165, 1.54) is 4.90 Å². The summed E-state index contributed by atoms with van der Waals surface area (Å²) in [4.78, 5) is 28.3. The average Bonchev–Trinajstić information content (AvgIpc) is 3.17. The molecule has 5 nitrogen and oxygen atoms in total. The lowest BCUT2D eigenvalue weighted by Crippen LogP contribution is -2.29. The van der Waals surface area contributed by atoms with Crippen molar-refractivity contribution in [2.24, 2.45) is 0 Å². The van der Waals surface area contributed by atoms with Gasteiger partial charge in [-0.25, -0.2) is 0 Å². The van der Waals surface area contributed by atoms with Gasteiger partial charge in [0.15, 0.2) is 0 Å². The lowest BCUT2D eigenvalue weighted by atomic mass is 9.94. The molecule has 0 spiro atoms. The topological polar surface area (TPSA) is 66.8 Å². The number of aliphatic hydroxyl groups is 1. The van der Waals surface area contributed by atoms with Crippen LogP contribution in [0.25, 0.3) is 5.76 Å². The number of Topliss-reactive ketones (excluding diaryl/α,β-unsaturated/α-hetero) is 1. The van der Waals surface area contributed by atoms with Crippen molar-refractivity contribution in [3.63, 3.8) is 0 Å². The Morgan fingerprint density at radius 1 is 0.973 bits per heavy atom. The van der Waals surface area contributed by atoms with Crippen molar-refractivity contribution in [3.05, 3.63) is 101 Å². The second kappa shape index (κ2) is 11.5. The molecule has 0 saturated carbocycles. The molecule has 4 rings (SSSR count). The quantitative estimate of drug-likeness (QED) is 0.146. The average molecular weight is 498 g/mol. The lowest BCUT2D eigenvalue weighted by molar-refractivity contribution is -0.132. The van der Waals surface area contributed by atoms with Gasteiger partial charge in [0.05, 0.1) is 18.2 Å². The number of unbranched alkanes of at least 4 members (excludes halogenated alkanes) is 2. The van der Waals surface area contributed by atoms with Crippen molar-refractivity contribution >= 4 is 23.1 Å². The fraction of sp³-hybridized carbons (Fsp3) is 0.312. The van der Waals surface area contributed by atoms with Gasteiger partial charge in [-0.05, 0) is 66.8 Å². The molecule has 1 amide bonds. The molecule has 1 heterocycles. The molecule has 37 heavy (non-hydrogen) atoms. The van der Waals surface area contributed by atoms with Crippen molar-refractivity contribution < 1.29 is 19.4 Å². The van der Waals surface area contributed by atoms with Gasteiger partial charge in [-0.15, -0.1) is 0 Å². The van der Waals surface area contributed by atoms with Gasteiger partial charge in [-0.1, -0.05) is 75.6 Å². The van der Waals surface area contributed by atoms with Gasteiger partial charge in [0.2, 0.25) is 0 Å². The molecule has 0 radical (unpaired) electrons. The van der Waals surface area contributed by atoms with Crippen LogP contribution in [0.5, 0.6) is 5.75 Å². The number of hydrogen-bond acceptors (Lipinski definition) is 4. The molecule has 3 aromatic rings. The second-order valence-corrected chi connectivity index (χ2v) is 9.91. The van der Waals surface area contributed by atoms with Gasteiger partial charge < -0.3 is 9.84 Å². The number of amides is 1. The number of hydrogen-bond donors (Lipinski definition) is 1. The Kier molecular flexibility index (Phi) is 8.12. The second-order valence-electron chi connectivity index (χ2n) is 9.91. The third kappa shape index (κ3) is 5.61. The van der Waals surface area contributed by atoms with E-state index in [1.54, 1.807) is 24.3 Å². The highest BCUT2D eigenvalue weighted by Gasteiger charge is 2.47. The van der Waals surface area contributed by atoms with E-state index in [1.807, 2.05) is 55.5 Å². The van der Waals surface area contributed by atoms with Crippen molar-refractivity contribution in [1.29, 1.82) is 0 Å². The van der Waals surface area contributed by atoms with Gasteiger partial charge >= 0.3 is 0 Å². The van der Waals surface area contributed by atoms with Crippen LogP contribution in [0.15, 0.2) is 78.4 Å². The zero-order valence-electron chi connectivity index (χ0n) is 22.0. The molecule has 0 aromatic heterocycles. The summed E-state index contributed by atoms with van der Waals surface area (Å²) in [6.07, 6.45) is 3.21. The van der Waals surface area contributed by atoms with E-state index in [2.05, 4.69) is 20.8 Å². The zero-order chi connectivity index (χ0) is 26.5. The van der Waals surface area contributed by atoms with E-state index in [0.29, 0.717) is 29.5 Å². The molecular weight excluding hydrogens is 462 g/mol. The number of ketones is 1. The van der Waals surface area contributed by atoms with E-state index < -0.39 is 17.7 Å². The van der Waals surface area contributed by atoms with Crippen LogP contribution >= 0.6 is 0 Å². The number of carbonyl (C=O) groups is 2. The first-order chi connectivity index (χ1) is 17.8. The molecule has 1 aliphatic heterocycles. The van der Waals surface area contributed by atoms with Crippen molar-refractivity contribution in [1.82, 2.24) is 0 Å². The maximum atomic E-state index is 13.4. The van der Waals surface area contributed by atoms with Crippen LogP contribution in [0.1, 0.15) is 74.2 Å². The largest absolute Gasteiger partial charge is 0.507 e.